The molecule has 1 heterocycles. The third-order valence-corrected chi connectivity index (χ3v) is 1.67. The van der Waals surface area contributed by atoms with Crippen molar-refractivity contribution in [3.8, 4) is 0 Å². The van der Waals surface area contributed by atoms with E-state index in [2.05, 4.69) is 10.1 Å². The molecule has 0 saturated heterocycles. The summed E-state index contributed by atoms with van der Waals surface area (Å²) in [5.74, 6) is -2.33. The summed E-state index contributed by atoms with van der Waals surface area (Å²) in [6, 6.07) is 0. The lowest BCUT2D eigenvalue weighted by Crippen LogP contribution is -2.08. The second-order valence-corrected chi connectivity index (χ2v) is 2.87. The molecule has 0 fully saturated rings. The molecular weight excluding hydrogens is 215 g/mol. The molecule has 1 aromatic rings. The molecule has 1 aromatic heterocycles. The molecule has 0 aliphatic heterocycles. The quantitative estimate of drug-likeness (QED) is 0.824. The van der Waals surface area contributed by atoms with Crippen LogP contribution in [0.1, 0.15) is 18.1 Å². The largest absolute Gasteiger partial charge is 0.481 e. The van der Waals surface area contributed by atoms with Crippen LogP contribution in [0.2, 0.25) is 0 Å². The number of hydrogen-bond acceptors (Lipinski definition) is 3. The number of aryl methyl sites for hydroxylation is 2. The Labute approximate surface area is 82.5 Å². The van der Waals surface area contributed by atoms with Gasteiger partial charge in [0.05, 0.1) is 6.42 Å². The van der Waals surface area contributed by atoms with E-state index in [0.29, 0.717) is 0 Å². The van der Waals surface area contributed by atoms with Crippen LogP contribution in [-0.2, 0) is 24.4 Å². The fourth-order valence-corrected chi connectivity index (χ4v) is 0.973. The summed E-state index contributed by atoms with van der Waals surface area (Å²) in [5.41, 5.74) is 0. The molecule has 0 aliphatic rings. The molecule has 8 heteroatoms. The zero-order chi connectivity index (χ0) is 11.6. The Morgan fingerprint density at radius 2 is 2.13 bits per heavy atom. The maximum Gasteiger partial charge on any atom is 0.453 e. The van der Waals surface area contributed by atoms with Gasteiger partial charge in [0, 0.05) is 13.5 Å². The molecule has 84 valence electrons. The second-order valence-electron chi connectivity index (χ2n) is 2.87. The second kappa shape index (κ2) is 3.87. The number of carboxylic acids is 1. The summed E-state index contributed by atoms with van der Waals surface area (Å²) in [4.78, 5) is 13.4. The highest BCUT2D eigenvalue weighted by Crippen LogP contribution is 2.26. The van der Waals surface area contributed by atoms with Crippen molar-refractivity contribution in [2.75, 3.05) is 0 Å². The number of carboxylic acid groups (broad SMARTS) is 1. The van der Waals surface area contributed by atoms with Gasteiger partial charge >= 0.3 is 12.1 Å². The number of aliphatic carboxylic acids is 1. The summed E-state index contributed by atoms with van der Waals surface area (Å²) in [6.45, 7) is 0. The maximum absolute atomic E-state index is 12.1. The molecule has 0 atom stereocenters. The van der Waals surface area contributed by atoms with Gasteiger partial charge in [-0.15, -0.1) is 5.10 Å². The van der Waals surface area contributed by atoms with Crippen molar-refractivity contribution in [1.29, 1.82) is 0 Å². The van der Waals surface area contributed by atoms with Crippen LogP contribution in [0.4, 0.5) is 13.2 Å². The summed E-state index contributed by atoms with van der Waals surface area (Å²) in [6.07, 6.45) is -4.95. The Balaban J connectivity index is 2.82. The molecule has 0 amide bonds. The lowest BCUT2D eigenvalue weighted by atomic mass is 10.3. The van der Waals surface area contributed by atoms with E-state index >= 15 is 0 Å². The summed E-state index contributed by atoms with van der Waals surface area (Å²) >= 11 is 0. The first kappa shape index (κ1) is 11.5. The van der Waals surface area contributed by atoms with Crippen LogP contribution in [0.5, 0.6) is 0 Å². The van der Waals surface area contributed by atoms with Crippen LogP contribution < -0.4 is 0 Å². The number of aromatic nitrogens is 3. The molecule has 1 rings (SSSR count). The van der Waals surface area contributed by atoms with Gasteiger partial charge in [0.1, 0.15) is 5.82 Å². The van der Waals surface area contributed by atoms with E-state index < -0.39 is 18.0 Å². The lowest BCUT2D eigenvalue weighted by Gasteiger charge is -1.97. The molecule has 0 spiro atoms. The van der Waals surface area contributed by atoms with E-state index in [1.807, 2.05) is 0 Å². The minimum Gasteiger partial charge on any atom is -0.481 e. The van der Waals surface area contributed by atoms with Crippen LogP contribution in [0.3, 0.4) is 0 Å². The first-order valence-corrected chi connectivity index (χ1v) is 3.99. The third-order valence-electron chi connectivity index (χ3n) is 1.67. The van der Waals surface area contributed by atoms with Crippen LogP contribution in [-0.4, -0.2) is 25.8 Å². The molecule has 0 unspecified atom stereocenters. The van der Waals surface area contributed by atoms with E-state index in [0.717, 1.165) is 4.68 Å². The van der Waals surface area contributed by atoms with Gasteiger partial charge in [0.15, 0.2) is 0 Å². The minimum absolute atomic E-state index is 0.00438. The zero-order valence-electron chi connectivity index (χ0n) is 7.75. The average Bonchev–Trinajstić information content (AvgIpc) is 2.42. The van der Waals surface area contributed by atoms with Crippen molar-refractivity contribution in [3.63, 3.8) is 0 Å². The van der Waals surface area contributed by atoms with Gasteiger partial charge in [0.25, 0.3) is 5.82 Å². The molecular formula is C7H8F3N3O2. The van der Waals surface area contributed by atoms with Gasteiger partial charge in [-0.05, 0) is 0 Å². The standard InChI is InChI=1S/C7H8F3N3O2/c1-13-4(2-3-5(14)15)11-6(12-13)7(8,9)10/h2-3H2,1H3,(H,14,15). The molecule has 0 aromatic carbocycles. The van der Waals surface area contributed by atoms with Gasteiger partial charge in [-0.2, -0.15) is 13.2 Å². The van der Waals surface area contributed by atoms with Crippen LogP contribution >= 0.6 is 0 Å². The Kier molecular flexibility index (Phi) is 2.96. The highest BCUT2D eigenvalue weighted by Gasteiger charge is 2.36. The summed E-state index contributed by atoms with van der Waals surface area (Å²) in [7, 11) is 1.29. The smallest absolute Gasteiger partial charge is 0.453 e. The van der Waals surface area contributed by atoms with E-state index in [4.69, 9.17) is 5.11 Å². The zero-order valence-corrected chi connectivity index (χ0v) is 7.75. The Hall–Kier alpha value is -1.60. The van der Waals surface area contributed by atoms with E-state index in [-0.39, 0.29) is 18.7 Å². The highest BCUT2D eigenvalue weighted by atomic mass is 19.4. The highest BCUT2D eigenvalue weighted by molar-refractivity contribution is 5.66. The predicted octanol–water partition coefficient (Wildman–Crippen LogP) is 0.851. The normalized spacial score (nSPS) is 11.7. The Bertz CT molecular complexity index is 372. The average molecular weight is 223 g/mol. The van der Waals surface area contributed by atoms with Crippen molar-refractivity contribution in [2.45, 2.75) is 19.0 Å². The van der Waals surface area contributed by atoms with E-state index in [9.17, 15) is 18.0 Å². The van der Waals surface area contributed by atoms with Gasteiger partial charge in [-0.3, -0.25) is 9.48 Å². The topological polar surface area (TPSA) is 68.0 Å². The van der Waals surface area contributed by atoms with Gasteiger partial charge in [-0.1, -0.05) is 0 Å². The molecule has 0 saturated carbocycles. The number of nitrogens with zero attached hydrogens (tertiary/aromatic N) is 3. The molecule has 1 N–H and O–H groups in total. The molecule has 15 heavy (non-hydrogen) atoms. The third kappa shape index (κ3) is 2.93. The lowest BCUT2D eigenvalue weighted by molar-refractivity contribution is -0.145. The Morgan fingerprint density at radius 1 is 1.53 bits per heavy atom. The molecule has 0 bridgehead atoms. The fraction of sp³-hybridized carbons (Fsp3) is 0.571. The van der Waals surface area contributed by atoms with Crippen molar-refractivity contribution in [2.24, 2.45) is 7.05 Å². The Morgan fingerprint density at radius 3 is 2.53 bits per heavy atom. The van der Waals surface area contributed by atoms with Gasteiger partial charge in [0.2, 0.25) is 0 Å². The van der Waals surface area contributed by atoms with E-state index in [1.54, 1.807) is 0 Å². The SMILES string of the molecule is Cn1nc(C(F)(F)F)nc1CCC(=O)O. The summed E-state index contributed by atoms with van der Waals surface area (Å²) < 4.78 is 37.3. The van der Waals surface area contributed by atoms with Crippen molar-refractivity contribution in [1.82, 2.24) is 14.8 Å². The van der Waals surface area contributed by atoms with Crippen molar-refractivity contribution in [3.05, 3.63) is 11.6 Å². The van der Waals surface area contributed by atoms with Gasteiger partial charge < -0.3 is 5.11 Å². The minimum atomic E-state index is -4.60. The van der Waals surface area contributed by atoms with E-state index in [1.165, 1.54) is 7.05 Å². The molecule has 0 aliphatic carbocycles. The first-order valence-electron chi connectivity index (χ1n) is 3.99. The summed E-state index contributed by atoms with van der Waals surface area (Å²) in [5, 5.41) is 11.5. The van der Waals surface area contributed by atoms with Crippen LogP contribution in [0.15, 0.2) is 0 Å². The first-order chi connectivity index (χ1) is 6.80. The fourth-order valence-electron chi connectivity index (χ4n) is 0.973. The van der Waals surface area contributed by atoms with Crippen molar-refractivity contribution >= 4 is 5.97 Å². The number of halogens is 3. The number of hydrogen-bond donors (Lipinski definition) is 1. The monoisotopic (exact) mass is 223 g/mol. The molecule has 5 nitrogen and oxygen atoms in total. The predicted molar refractivity (Wildman–Crippen MR) is 42.0 cm³/mol. The maximum atomic E-state index is 12.1. The van der Waals surface area contributed by atoms with Gasteiger partial charge in [-0.25, -0.2) is 4.98 Å². The number of rotatable bonds is 3. The van der Waals surface area contributed by atoms with Crippen LogP contribution in [0, 0.1) is 0 Å². The number of carbonyl (C=O) groups is 1. The molecule has 0 radical (unpaired) electrons. The number of alkyl halides is 3. The van der Waals surface area contributed by atoms with Crippen LogP contribution in [0.25, 0.3) is 0 Å². The van der Waals surface area contributed by atoms with Crippen molar-refractivity contribution < 1.29 is 23.1 Å².